The lowest BCUT2D eigenvalue weighted by molar-refractivity contribution is 0.268. The second-order valence-corrected chi connectivity index (χ2v) is 9.09. The zero-order valence-corrected chi connectivity index (χ0v) is 19.6. The van der Waals surface area contributed by atoms with Gasteiger partial charge in [-0.3, -0.25) is 4.40 Å². The van der Waals surface area contributed by atoms with E-state index in [-0.39, 0.29) is 35.8 Å². The third-order valence-electron chi connectivity index (χ3n) is 6.57. The van der Waals surface area contributed by atoms with Crippen molar-refractivity contribution in [1.82, 2.24) is 29.4 Å². The number of hydrogen-bond donors (Lipinski definition) is 1. The minimum absolute atomic E-state index is 0.0866. The van der Waals surface area contributed by atoms with Crippen LogP contribution in [0, 0.1) is 23.0 Å². The van der Waals surface area contributed by atoms with Crippen LogP contribution in [-0.4, -0.2) is 54.7 Å². The number of aromatic nitrogens is 6. The number of hydrogen-bond acceptors (Lipinski definition) is 7. The molecule has 1 saturated heterocycles. The number of halogens is 3. The first kappa shape index (κ1) is 22.9. The Kier molecular flexibility index (Phi) is 5.31. The van der Waals surface area contributed by atoms with Crippen molar-refractivity contribution in [1.29, 1.82) is 5.26 Å². The van der Waals surface area contributed by atoms with E-state index in [0.717, 1.165) is 0 Å². The Morgan fingerprint density at radius 3 is 2.73 bits per heavy atom. The van der Waals surface area contributed by atoms with Crippen molar-refractivity contribution in [3.05, 3.63) is 59.9 Å². The molecule has 0 aliphatic carbocycles. The minimum atomic E-state index is -1.14. The highest BCUT2D eigenvalue weighted by molar-refractivity contribution is 5.89. The third-order valence-corrected chi connectivity index (χ3v) is 6.57. The van der Waals surface area contributed by atoms with E-state index in [1.54, 1.807) is 40.7 Å². The van der Waals surface area contributed by atoms with Crippen LogP contribution in [-0.2, 0) is 7.05 Å². The van der Waals surface area contributed by atoms with E-state index < -0.39 is 17.8 Å². The van der Waals surface area contributed by atoms with Gasteiger partial charge in [0, 0.05) is 49.2 Å². The van der Waals surface area contributed by atoms with Gasteiger partial charge in [0.2, 0.25) is 0 Å². The molecule has 0 radical (unpaired) electrons. The molecule has 5 aromatic rings. The van der Waals surface area contributed by atoms with Crippen LogP contribution in [0.1, 0.15) is 12.0 Å². The van der Waals surface area contributed by atoms with E-state index in [1.807, 2.05) is 0 Å². The van der Waals surface area contributed by atoms with Gasteiger partial charge in [0.25, 0.3) is 0 Å². The predicted octanol–water partition coefficient (Wildman–Crippen LogP) is 3.37. The maximum absolute atomic E-state index is 15.6. The first-order valence-corrected chi connectivity index (χ1v) is 11.5. The zero-order valence-electron chi connectivity index (χ0n) is 19.6. The van der Waals surface area contributed by atoms with Crippen LogP contribution in [0.25, 0.3) is 39.2 Å². The molecule has 0 amide bonds. The molecule has 0 saturated carbocycles. The third kappa shape index (κ3) is 3.75. The largest absolute Gasteiger partial charge is 0.349 e. The molecule has 4 heterocycles. The molecule has 0 unspecified atom stereocenters. The van der Waals surface area contributed by atoms with Gasteiger partial charge in [0.05, 0.1) is 29.0 Å². The predicted molar refractivity (Wildman–Crippen MR) is 130 cm³/mol. The van der Waals surface area contributed by atoms with Crippen molar-refractivity contribution in [2.75, 3.05) is 18.0 Å². The number of anilines is 1. The second kappa shape index (κ2) is 8.56. The van der Waals surface area contributed by atoms with Crippen LogP contribution in [0.15, 0.2) is 42.7 Å². The fourth-order valence-electron chi connectivity index (χ4n) is 4.88. The summed E-state index contributed by atoms with van der Waals surface area (Å²) in [5.41, 5.74) is 8.31. The van der Waals surface area contributed by atoms with Gasteiger partial charge in [-0.05, 0) is 24.6 Å². The van der Waals surface area contributed by atoms with Crippen LogP contribution < -0.4 is 10.6 Å². The molecule has 2 atom stereocenters. The van der Waals surface area contributed by atoms with Crippen molar-refractivity contribution < 1.29 is 13.2 Å². The van der Waals surface area contributed by atoms with Crippen LogP contribution in [0.4, 0.5) is 19.0 Å². The summed E-state index contributed by atoms with van der Waals surface area (Å²) in [6.45, 7) is 0.458. The number of aryl methyl sites for hydroxylation is 1. The van der Waals surface area contributed by atoms with Crippen LogP contribution in [0.2, 0.25) is 0 Å². The molecule has 2 aromatic carbocycles. The van der Waals surface area contributed by atoms with Crippen molar-refractivity contribution >= 4 is 22.5 Å². The lowest BCUT2D eigenvalue weighted by atomic mass is 10.0. The normalized spacial score (nSPS) is 18.0. The maximum Gasteiger partial charge on any atom is 0.181 e. The average molecular weight is 503 g/mol. The van der Waals surface area contributed by atoms with Gasteiger partial charge in [-0.2, -0.15) is 5.26 Å². The highest BCUT2D eigenvalue weighted by Crippen LogP contribution is 2.38. The Morgan fingerprint density at radius 1 is 1.14 bits per heavy atom. The smallest absolute Gasteiger partial charge is 0.181 e. The number of imidazole rings is 1. The van der Waals surface area contributed by atoms with Crippen molar-refractivity contribution in [3.63, 3.8) is 0 Å². The molecule has 1 fully saturated rings. The fraction of sp³-hybridized carbons (Fsp3) is 0.240. The van der Waals surface area contributed by atoms with Crippen molar-refractivity contribution in [3.8, 4) is 28.6 Å². The van der Waals surface area contributed by atoms with Gasteiger partial charge in [0.15, 0.2) is 11.5 Å². The number of fused-ring (bicyclic) bond motifs is 2. The SMILES string of the molecule is Cn1nnc2cc(-c3c(-c4ccc(C#N)c(F)c4)nc4c(N5C[C@H](N)C[C@H](F)C5)nccn34)c(F)cc21. The van der Waals surface area contributed by atoms with Crippen LogP contribution >= 0.6 is 0 Å². The molecule has 1 aliphatic heterocycles. The number of piperidine rings is 1. The summed E-state index contributed by atoms with van der Waals surface area (Å²) in [6.07, 6.45) is 2.24. The number of benzene rings is 2. The highest BCUT2D eigenvalue weighted by Gasteiger charge is 2.29. The van der Waals surface area contributed by atoms with E-state index in [1.165, 1.54) is 29.1 Å². The molecule has 6 rings (SSSR count). The van der Waals surface area contributed by atoms with Crippen LogP contribution in [0.5, 0.6) is 0 Å². The lowest BCUT2D eigenvalue weighted by Gasteiger charge is -2.33. The topological polar surface area (TPSA) is 114 Å². The molecule has 12 heteroatoms. The summed E-state index contributed by atoms with van der Waals surface area (Å²) < 4.78 is 47.7. The van der Waals surface area contributed by atoms with Gasteiger partial charge in [-0.1, -0.05) is 11.3 Å². The summed E-state index contributed by atoms with van der Waals surface area (Å²) in [7, 11) is 1.66. The number of nitrogens with zero attached hydrogens (tertiary/aromatic N) is 8. The molecule has 1 aliphatic rings. The van der Waals surface area contributed by atoms with Gasteiger partial charge in [-0.25, -0.2) is 27.8 Å². The van der Waals surface area contributed by atoms with Gasteiger partial charge < -0.3 is 10.6 Å². The molecular weight excluding hydrogens is 483 g/mol. The standard InChI is InChI=1S/C25H20F3N9/c1-35-21-9-19(28)17(8-20(21)33-34-35)23-22(13-2-3-14(10-29)18(27)6-13)32-25-24(31-4-5-37(23)25)36-11-15(26)7-16(30)12-36/h2-6,8-9,15-16H,7,11-12,30H2,1H3/t15-,16+/m0/s1. The lowest BCUT2D eigenvalue weighted by Crippen LogP contribution is -2.48. The molecule has 0 spiro atoms. The Bertz CT molecular complexity index is 1710. The number of nitriles is 1. The van der Waals surface area contributed by atoms with Gasteiger partial charge in [0.1, 0.15) is 29.4 Å². The summed E-state index contributed by atoms with van der Waals surface area (Å²) >= 11 is 0. The molecule has 2 N–H and O–H groups in total. The summed E-state index contributed by atoms with van der Waals surface area (Å²) in [5, 5.41) is 17.2. The van der Waals surface area contributed by atoms with Gasteiger partial charge >= 0.3 is 0 Å². The van der Waals surface area contributed by atoms with Crippen molar-refractivity contribution in [2.24, 2.45) is 12.8 Å². The van der Waals surface area contributed by atoms with E-state index >= 15 is 4.39 Å². The average Bonchev–Trinajstić information content (AvgIpc) is 3.43. The Labute approximate surface area is 208 Å². The van der Waals surface area contributed by atoms with E-state index in [4.69, 9.17) is 16.0 Å². The monoisotopic (exact) mass is 503 g/mol. The quantitative estimate of drug-likeness (QED) is 0.402. The van der Waals surface area contributed by atoms with E-state index in [0.29, 0.717) is 40.3 Å². The number of nitrogens with two attached hydrogens (primary N) is 1. The molecule has 37 heavy (non-hydrogen) atoms. The Balaban J connectivity index is 1.64. The molecule has 0 bridgehead atoms. The molecule has 3 aromatic heterocycles. The van der Waals surface area contributed by atoms with Crippen LogP contribution in [0.3, 0.4) is 0 Å². The summed E-state index contributed by atoms with van der Waals surface area (Å²) in [4.78, 5) is 10.9. The molecule has 9 nitrogen and oxygen atoms in total. The highest BCUT2D eigenvalue weighted by atomic mass is 19.1. The maximum atomic E-state index is 15.6. The first-order valence-electron chi connectivity index (χ1n) is 11.5. The van der Waals surface area contributed by atoms with Crippen molar-refractivity contribution in [2.45, 2.75) is 18.6 Å². The van der Waals surface area contributed by atoms with Gasteiger partial charge in [-0.15, -0.1) is 5.10 Å². The van der Waals surface area contributed by atoms with E-state index in [2.05, 4.69) is 15.3 Å². The molecule has 186 valence electrons. The van der Waals surface area contributed by atoms with E-state index in [9.17, 15) is 8.78 Å². The fourth-order valence-corrected chi connectivity index (χ4v) is 4.88. The molecular formula is C25H20F3N9. The first-order chi connectivity index (χ1) is 17.8. The Hall–Kier alpha value is -4.50. The summed E-state index contributed by atoms with van der Waals surface area (Å²) in [6, 6.07) is 8.37. The minimum Gasteiger partial charge on any atom is -0.349 e. The second-order valence-electron chi connectivity index (χ2n) is 9.09. The summed E-state index contributed by atoms with van der Waals surface area (Å²) in [5.74, 6) is -0.909. The Morgan fingerprint density at radius 2 is 1.97 bits per heavy atom. The number of alkyl halides is 1. The zero-order chi connectivity index (χ0) is 25.8. The number of rotatable bonds is 3.